The van der Waals surface area contributed by atoms with Gasteiger partial charge in [-0.25, -0.2) is 4.79 Å². The number of hydroxylamine groups is 1. The van der Waals surface area contributed by atoms with Crippen LogP contribution in [0.4, 0.5) is 11.4 Å². The van der Waals surface area contributed by atoms with Gasteiger partial charge >= 0.3 is 5.97 Å². The minimum atomic E-state index is -0.808. The van der Waals surface area contributed by atoms with Crippen molar-refractivity contribution in [1.29, 1.82) is 5.41 Å². The Bertz CT molecular complexity index is 640. The van der Waals surface area contributed by atoms with Gasteiger partial charge in [-0.2, -0.15) is 0 Å². The number of nitrogens with two attached hydrogens (primary N) is 1. The van der Waals surface area contributed by atoms with Gasteiger partial charge in [0.1, 0.15) is 0 Å². The highest BCUT2D eigenvalue weighted by molar-refractivity contribution is 5.84. The molecule has 0 radical (unpaired) electrons. The number of hydrogen-bond donors (Lipinski definition) is 2. The first-order chi connectivity index (χ1) is 10.2. The van der Waals surface area contributed by atoms with Crippen LogP contribution in [0.1, 0.15) is 12.5 Å². The summed E-state index contributed by atoms with van der Waals surface area (Å²) in [7, 11) is 0. The highest BCUT2D eigenvalue weighted by Gasteiger charge is 2.16. The molecule has 1 aromatic carbocycles. The van der Waals surface area contributed by atoms with Crippen molar-refractivity contribution in [2.24, 2.45) is 10.8 Å². The van der Waals surface area contributed by atoms with Crippen LogP contribution in [0.15, 0.2) is 23.3 Å². The molecule has 0 heterocycles. The summed E-state index contributed by atoms with van der Waals surface area (Å²) in [4.78, 5) is 35.1. The van der Waals surface area contributed by atoms with Crippen LogP contribution in [0.3, 0.4) is 0 Å². The molecule has 1 aromatic rings. The molecule has 0 saturated carbocycles. The number of nitro groups is 2. The average Bonchev–Trinajstić information content (AvgIpc) is 2.42. The zero-order chi connectivity index (χ0) is 16.9. The van der Waals surface area contributed by atoms with Gasteiger partial charge in [0.05, 0.1) is 22.1 Å². The molecule has 0 aliphatic carbocycles. The van der Waals surface area contributed by atoms with Crippen LogP contribution >= 0.6 is 0 Å². The van der Waals surface area contributed by atoms with Gasteiger partial charge in [-0.15, -0.1) is 5.10 Å². The zero-order valence-corrected chi connectivity index (χ0v) is 11.1. The number of guanidine groups is 1. The second-order valence-electron chi connectivity index (χ2n) is 3.78. The minimum Gasteiger partial charge on any atom is -0.366 e. The van der Waals surface area contributed by atoms with E-state index in [4.69, 9.17) is 11.1 Å². The first-order valence-electron chi connectivity index (χ1n) is 5.51. The average molecular weight is 310 g/mol. The topological polar surface area (TPSA) is 178 Å². The Morgan fingerprint density at radius 2 is 1.82 bits per heavy atom. The third-order valence-electron chi connectivity index (χ3n) is 2.08. The Morgan fingerprint density at radius 3 is 2.18 bits per heavy atom. The molecular weight excluding hydrogens is 300 g/mol. The SMILES string of the molecule is CC(=O)ON(/N=C/c1cc([N+](=O)[O-])cc([N+](=O)[O-])c1)C(=N)N. The quantitative estimate of drug-likeness (QED) is 0.349. The van der Waals surface area contributed by atoms with Gasteiger partial charge in [0.15, 0.2) is 0 Å². The highest BCUT2D eigenvalue weighted by atomic mass is 16.7. The number of carbonyl (C=O) groups is 1. The summed E-state index contributed by atoms with van der Waals surface area (Å²) in [6, 6.07) is 2.82. The van der Waals surface area contributed by atoms with Crippen molar-refractivity contribution < 1.29 is 19.5 Å². The first kappa shape index (κ1) is 16.5. The number of rotatable bonds is 4. The van der Waals surface area contributed by atoms with Crippen molar-refractivity contribution in [3.8, 4) is 0 Å². The molecule has 0 fully saturated rings. The molecule has 12 heteroatoms. The molecule has 22 heavy (non-hydrogen) atoms. The third-order valence-corrected chi connectivity index (χ3v) is 2.08. The molecule has 1 rings (SSSR count). The number of nitrogens with zero attached hydrogens (tertiary/aromatic N) is 4. The Hall–Kier alpha value is -3.57. The van der Waals surface area contributed by atoms with Crippen molar-refractivity contribution in [1.82, 2.24) is 5.17 Å². The van der Waals surface area contributed by atoms with Gasteiger partial charge in [0, 0.05) is 24.6 Å². The Balaban J connectivity index is 3.17. The minimum absolute atomic E-state index is 0.0145. The van der Waals surface area contributed by atoms with E-state index in [1.165, 1.54) is 0 Å². The smallest absolute Gasteiger partial charge is 0.332 e. The Kier molecular flexibility index (Phi) is 5.05. The summed E-state index contributed by atoms with van der Waals surface area (Å²) in [5.74, 6) is -1.54. The van der Waals surface area contributed by atoms with Gasteiger partial charge in [-0.1, -0.05) is 5.17 Å². The van der Waals surface area contributed by atoms with Crippen molar-refractivity contribution in [2.45, 2.75) is 6.92 Å². The van der Waals surface area contributed by atoms with Gasteiger partial charge in [0.25, 0.3) is 11.4 Å². The lowest BCUT2D eigenvalue weighted by atomic mass is 10.2. The second kappa shape index (κ2) is 6.74. The Labute approximate surface area is 122 Å². The summed E-state index contributed by atoms with van der Waals surface area (Å²) >= 11 is 0. The number of benzene rings is 1. The summed E-state index contributed by atoms with van der Waals surface area (Å²) in [6.07, 6.45) is 0.921. The molecule has 0 aliphatic rings. The summed E-state index contributed by atoms with van der Waals surface area (Å²) in [5.41, 5.74) is 4.06. The van der Waals surface area contributed by atoms with E-state index in [2.05, 4.69) is 9.94 Å². The molecule has 116 valence electrons. The number of hydrazone groups is 1. The summed E-state index contributed by atoms with van der Waals surface area (Å²) in [6.45, 7) is 1.05. The van der Waals surface area contributed by atoms with E-state index in [1.807, 2.05) is 0 Å². The van der Waals surface area contributed by atoms with E-state index >= 15 is 0 Å². The van der Waals surface area contributed by atoms with Crippen LogP contribution in [0.25, 0.3) is 0 Å². The molecule has 0 aliphatic heterocycles. The van der Waals surface area contributed by atoms with Crippen LogP contribution in [0.5, 0.6) is 0 Å². The maximum atomic E-state index is 10.8. The predicted molar refractivity (Wildman–Crippen MR) is 72.9 cm³/mol. The van der Waals surface area contributed by atoms with Crippen LogP contribution in [-0.4, -0.2) is 33.2 Å². The lowest BCUT2D eigenvalue weighted by molar-refractivity contribution is -0.394. The molecule has 0 saturated heterocycles. The van der Waals surface area contributed by atoms with Crippen LogP contribution in [0, 0.1) is 25.6 Å². The van der Waals surface area contributed by atoms with E-state index in [0.717, 1.165) is 31.3 Å². The first-order valence-corrected chi connectivity index (χ1v) is 5.51. The van der Waals surface area contributed by atoms with Crippen LogP contribution in [-0.2, 0) is 9.63 Å². The fraction of sp³-hybridized carbons (Fsp3) is 0.100. The standard InChI is InChI=1S/C10H10N6O6/c1-6(17)22-14(10(11)12)13-5-7-2-8(15(18)19)4-9(3-7)16(20)21/h2-5H,1H3,(H3,11,12)/b13-5+. The van der Waals surface area contributed by atoms with Gasteiger partial charge < -0.3 is 10.6 Å². The van der Waals surface area contributed by atoms with Crippen molar-refractivity contribution >= 4 is 29.5 Å². The molecule has 0 spiro atoms. The molecule has 3 N–H and O–H groups in total. The molecule has 0 aromatic heterocycles. The summed E-state index contributed by atoms with van der Waals surface area (Å²) < 4.78 is 0. The maximum absolute atomic E-state index is 10.8. The number of hydrogen-bond acceptors (Lipinski definition) is 8. The zero-order valence-electron chi connectivity index (χ0n) is 11.1. The van der Waals surface area contributed by atoms with E-state index < -0.39 is 33.2 Å². The molecule has 12 nitrogen and oxygen atoms in total. The normalized spacial score (nSPS) is 10.2. The molecule has 0 unspecified atom stereocenters. The van der Waals surface area contributed by atoms with Crippen LogP contribution < -0.4 is 5.73 Å². The Morgan fingerprint density at radius 1 is 1.32 bits per heavy atom. The summed E-state index contributed by atoms with van der Waals surface area (Å²) in [5, 5.41) is 32.4. The number of carbonyl (C=O) groups excluding carboxylic acids is 1. The predicted octanol–water partition coefficient (Wildman–Crippen LogP) is 0.510. The van der Waals surface area contributed by atoms with E-state index in [-0.39, 0.29) is 5.56 Å². The van der Waals surface area contributed by atoms with Gasteiger partial charge in [-0.3, -0.25) is 25.6 Å². The molecular formula is C10H10N6O6. The van der Waals surface area contributed by atoms with E-state index in [9.17, 15) is 25.0 Å². The monoisotopic (exact) mass is 310 g/mol. The maximum Gasteiger partial charge on any atom is 0.332 e. The molecule has 0 atom stereocenters. The molecule has 0 amide bonds. The van der Waals surface area contributed by atoms with E-state index in [0.29, 0.717) is 5.17 Å². The third kappa shape index (κ3) is 4.52. The van der Waals surface area contributed by atoms with Crippen molar-refractivity contribution in [2.75, 3.05) is 0 Å². The lowest BCUT2D eigenvalue weighted by Gasteiger charge is -2.13. The van der Waals surface area contributed by atoms with Gasteiger partial charge in [-0.05, 0) is 0 Å². The van der Waals surface area contributed by atoms with Crippen molar-refractivity contribution in [3.05, 3.63) is 44.0 Å². The number of nitro benzene ring substituents is 2. The van der Waals surface area contributed by atoms with Crippen LogP contribution in [0.2, 0.25) is 0 Å². The van der Waals surface area contributed by atoms with Gasteiger partial charge in [0.2, 0.25) is 5.96 Å². The fourth-order valence-electron chi connectivity index (χ4n) is 1.28. The second-order valence-corrected chi connectivity index (χ2v) is 3.78. The highest BCUT2D eigenvalue weighted by Crippen LogP contribution is 2.21. The number of nitrogens with one attached hydrogen (secondary N) is 1. The molecule has 0 bridgehead atoms. The fourth-order valence-corrected chi connectivity index (χ4v) is 1.28. The number of non-ortho nitro benzene ring substituents is 2. The van der Waals surface area contributed by atoms with E-state index in [1.54, 1.807) is 0 Å². The van der Waals surface area contributed by atoms with Crippen molar-refractivity contribution in [3.63, 3.8) is 0 Å². The largest absolute Gasteiger partial charge is 0.366 e. The lowest BCUT2D eigenvalue weighted by Crippen LogP contribution is -2.33.